The van der Waals surface area contributed by atoms with E-state index in [2.05, 4.69) is 31.4 Å². The van der Waals surface area contributed by atoms with Gasteiger partial charge in [-0.2, -0.15) is 0 Å². The number of aryl methyl sites for hydroxylation is 2. The van der Waals surface area contributed by atoms with Crippen molar-refractivity contribution in [3.8, 4) is 0 Å². The summed E-state index contributed by atoms with van der Waals surface area (Å²) in [4.78, 5) is 12.5. The molecule has 1 aliphatic heterocycles. The number of hydrogen-bond donors (Lipinski definition) is 0. The summed E-state index contributed by atoms with van der Waals surface area (Å²) in [6.07, 6.45) is 5.45. The first-order chi connectivity index (χ1) is 11.3. The van der Waals surface area contributed by atoms with E-state index < -0.39 is 0 Å². The van der Waals surface area contributed by atoms with Gasteiger partial charge in [-0.3, -0.25) is 9.30 Å². The zero-order valence-corrected chi connectivity index (χ0v) is 14.1. The molecule has 23 heavy (non-hydrogen) atoms. The fourth-order valence-electron chi connectivity index (χ4n) is 3.78. The molecule has 3 aromatic rings. The van der Waals surface area contributed by atoms with Gasteiger partial charge in [0.1, 0.15) is 17.0 Å². The molecule has 1 aliphatic carbocycles. The SMILES string of the molecule is CN1CCN(Cc2nc3sc4c(c3c3nncn23)CCC4)CC1. The first kappa shape index (κ1) is 13.8. The smallest absolute Gasteiger partial charge is 0.172 e. The van der Waals surface area contributed by atoms with Crippen LogP contribution in [0, 0.1) is 0 Å². The summed E-state index contributed by atoms with van der Waals surface area (Å²) < 4.78 is 2.10. The Balaban J connectivity index is 1.59. The fraction of sp³-hybridized carbons (Fsp3) is 0.562. The highest BCUT2D eigenvalue weighted by atomic mass is 32.1. The number of nitrogens with zero attached hydrogens (tertiary/aromatic N) is 6. The van der Waals surface area contributed by atoms with Crippen molar-refractivity contribution in [3.05, 3.63) is 22.6 Å². The van der Waals surface area contributed by atoms with Gasteiger partial charge < -0.3 is 4.90 Å². The van der Waals surface area contributed by atoms with Crippen LogP contribution < -0.4 is 0 Å². The standard InChI is InChI=1S/C16H20N6S/c1-20-5-7-21(8-6-20)9-13-18-16-14(15-19-17-10-22(13)15)11-3-2-4-12(11)23-16/h10H,2-9H2,1H3. The summed E-state index contributed by atoms with van der Waals surface area (Å²) in [5, 5.41) is 9.84. The molecule has 7 heteroatoms. The van der Waals surface area contributed by atoms with Crippen molar-refractivity contribution in [2.75, 3.05) is 33.2 Å². The second-order valence-corrected chi connectivity index (χ2v) is 7.75. The molecule has 2 aliphatic rings. The number of rotatable bonds is 2. The van der Waals surface area contributed by atoms with Crippen LogP contribution in [-0.4, -0.2) is 62.6 Å². The Labute approximate surface area is 138 Å². The average Bonchev–Trinajstić information content (AvgIpc) is 3.23. The van der Waals surface area contributed by atoms with Gasteiger partial charge in [-0.05, 0) is 31.9 Å². The molecule has 0 saturated carbocycles. The summed E-state index contributed by atoms with van der Waals surface area (Å²) in [6, 6.07) is 0. The second kappa shape index (κ2) is 5.22. The van der Waals surface area contributed by atoms with E-state index in [0.29, 0.717) is 0 Å². The Morgan fingerprint density at radius 3 is 2.91 bits per heavy atom. The van der Waals surface area contributed by atoms with E-state index in [4.69, 9.17) is 4.98 Å². The molecule has 0 aromatic carbocycles. The third kappa shape index (κ3) is 2.18. The summed E-state index contributed by atoms with van der Waals surface area (Å²) >= 11 is 1.86. The van der Waals surface area contributed by atoms with Crippen LogP contribution in [0.1, 0.15) is 22.7 Å². The van der Waals surface area contributed by atoms with Crippen molar-refractivity contribution in [1.29, 1.82) is 0 Å². The highest BCUT2D eigenvalue weighted by Crippen LogP contribution is 2.38. The molecule has 0 unspecified atom stereocenters. The van der Waals surface area contributed by atoms with Crippen molar-refractivity contribution < 1.29 is 0 Å². The maximum Gasteiger partial charge on any atom is 0.172 e. The number of piperazine rings is 1. The number of fused-ring (bicyclic) bond motifs is 5. The molecule has 0 bridgehead atoms. The van der Waals surface area contributed by atoms with Crippen LogP contribution >= 0.6 is 11.3 Å². The maximum absolute atomic E-state index is 5.00. The topological polar surface area (TPSA) is 49.6 Å². The number of hydrogen-bond acceptors (Lipinski definition) is 6. The van der Waals surface area contributed by atoms with Gasteiger partial charge in [0.05, 0.1) is 11.9 Å². The van der Waals surface area contributed by atoms with E-state index in [1.165, 1.54) is 28.7 Å². The Morgan fingerprint density at radius 1 is 1.17 bits per heavy atom. The van der Waals surface area contributed by atoms with Gasteiger partial charge in [0.25, 0.3) is 0 Å². The fourth-order valence-corrected chi connectivity index (χ4v) is 5.06. The average molecular weight is 328 g/mol. The van der Waals surface area contributed by atoms with Gasteiger partial charge in [-0.1, -0.05) is 0 Å². The molecule has 0 spiro atoms. The summed E-state index contributed by atoms with van der Waals surface area (Å²) in [6.45, 7) is 5.32. The van der Waals surface area contributed by atoms with Crippen molar-refractivity contribution in [1.82, 2.24) is 29.4 Å². The predicted molar refractivity (Wildman–Crippen MR) is 91.0 cm³/mol. The molecule has 4 heterocycles. The molecule has 0 amide bonds. The van der Waals surface area contributed by atoms with Gasteiger partial charge in [0.2, 0.25) is 0 Å². The lowest BCUT2D eigenvalue weighted by Crippen LogP contribution is -2.44. The normalized spacial score (nSPS) is 19.9. The maximum atomic E-state index is 5.00. The van der Waals surface area contributed by atoms with Crippen LogP contribution in [-0.2, 0) is 19.4 Å². The van der Waals surface area contributed by atoms with E-state index in [-0.39, 0.29) is 0 Å². The molecule has 1 saturated heterocycles. The molecule has 1 fully saturated rings. The Bertz CT molecular complexity index is 874. The monoisotopic (exact) mass is 328 g/mol. The van der Waals surface area contributed by atoms with Crippen LogP contribution in [0.5, 0.6) is 0 Å². The van der Waals surface area contributed by atoms with E-state index >= 15 is 0 Å². The minimum atomic E-state index is 0.876. The Morgan fingerprint density at radius 2 is 2.04 bits per heavy atom. The molecule has 120 valence electrons. The molecule has 6 nitrogen and oxygen atoms in total. The molecule has 5 rings (SSSR count). The van der Waals surface area contributed by atoms with E-state index in [1.54, 1.807) is 0 Å². The van der Waals surface area contributed by atoms with Crippen molar-refractivity contribution in [2.24, 2.45) is 0 Å². The van der Waals surface area contributed by atoms with Gasteiger partial charge in [-0.25, -0.2) is 4.98 Å². The lowest BCUT2D eigenvalue weighted by Gasteiger charge is -2.32. The quantitative estimate of drug-likeness (QED) is 0.715. The van der Waals surface area contributed by atoms with Crippen LogP contribution in [0.25, 0.3) is 15.9 Å². The zero-order chi connectivity index (χ0) is 15.4. The molecular formula is C16H20N6S. The lowest BCUT2D eigenvalue weighted by molar-refractivity contribution is 0.145. The molecule has 0 radical (unpaired) electrons. The van der Waals surface area contributed by atoms with Crippen molar-refractivity contribution in [2.45, 2.75) is 25.8 Å². The predicted octanol–water partition coefficient (Wildman–Crippen LogP) is 1.58. The molecule has 0 N–H and O–H groups in total. The zero-order valence-electron chi connectivity index (χ0n) is 13.3. The number of thiophene rings is 1. The second-order valence-electron chi connectivity index (χ2n) is 6.67. The molecule has 3 aromatic heterocycles. The summed E-state index contributed by atoms with van der Waals surface area (Å²) in [7, 11) is 2.19. The summed E-state index contributed by atoms with van der Waals surface area (Å²) in [5.41, 5.74) is 2.47. The highest BCUT2D eigenvalue weighted by Gasteiger charge is 2.23. The van der Waals surface area contributed by atoms with Crippen molar-refractivity contribution >= 4 is 27.2 Å². The highest BCUT2D eigenvalue weighted by molar-refractivity contribution is 7.19. The van der Waals surface area contributed by atoms with E-state index in [9.17, 15) is 0 Å². The Hall–Kier alpha value is -1.57. The van der Waals surface area contributed by atoms with E-state index in [0.717, 1.165) is 55.4 Å². The lowest BCUT2D eigenvalue weighted by atomic mass is 10.2. The number of likely N-dealkylation sites (N-methyl/N-ethyl adjacent to an activating group) is 1. The van der Waals surface area contributed by atoms with Gasteiger partial charge in [0.15, 0.2) is 5.65 Å². The van der Waals surface area contributed by atoms with Crippen molar-refractivity contribution in [3.63, 3.8) is 0 Å². The largest absolute Gasteiger partial charge is 0.304 e. The first-order valence-corrected chi connectivity index (χ1v) is 9.15. The summed E-state index contributed by atoms with van der Waals surface area (Å²) in [5.74, 6) is 1.07. The van der Waals surface area contributed by atoms with Gasteiger partial charge in [0, 0.05) is 31.1 Å². The van der Waals surface area contributed by atoms with E-state index in [1.807, 2.05) is 17.7 Å². The van der Waals surface area contributed by atoms with Gasteiger partial charge in [-0.15, -0.1) is 21.5 Å². The van der Waals surface area contributed by atoms with Crippen LogP contribution in [0.15, 0.2) is 6.33 Å². The Kier molecular flexibility index (Phi) is 3.14. The molecular weight excluding hydrogens is 308 g/mol. The minimum Gasteiger partial charge on any atom is -0.304 e. The first-order valence-electron chi connectivity index (χ1n) is 8.33. The van der Waals surface area contributed by atoms with Crippen LogP contribution in [0.4, 0.5) is 0 Å². The number of aromatic nitrogens is 4. The van der Waals surface area contributed by atoms with Gasteiger partial charge >= 0.3 is 0 Å². The van der Waals surface area contributed by atoms with Crippen LogP contribution in [0.2, 0.25) is 0 Å². The minimum absolute atomic E-state index is 0.876. The molecule has 0 atom stereocenters. The van der Waals surface area contributed by atoms with Crippen LogP contribution in [0.3, 0.4) is 0 Å². The third-order valence-electron chi connectivity index (χ3n) is 5.14. The third-order valence-corrected chi connectivity index (χ3v) is 6.33.